The SMILES string of the molecule is CNC(C)c1ccc(Sc2ccccc2)cc1Cl. The van der Waals surface area contributed by atoms with Crippen LogP contribution in [0.4, 0.5) is 0 Å². The molecule has 0 saturated heterocycles. The van der Waals surface area contributed by atoms with Crippen molar-refractivity contribution in [3.05, 3.63) is 59.1 Å². The topological polar surface area (TPSA) is 12.0 Å². The maximum Gasteiger partial charge on any atom is 0.0464 e. The van der Waals surface area contributed by atoms with Gasteiger partial charge in [-0.2, -0.15) is 0 Å². The van der Waals surface area contributed by atoms with Crippen molar-refractivity contribution in [2.45, 2.75) is 22.8 Å². The van der Waals surface area contributed by atoms with Gasteiger partial charge in [0.2, 0.25) is 0 Å². The molecular weight excluding hydrogens is 262 g/mol. The second kappa shape index (κ2) is 6.28. The largest absolute Gasteiger partial charge is 0.313 e. The van der Waals surface area contributed by atoms with Crippen LogP contribution in [0.25, 0.3) is 0 Å². The first kappa shape index (κ1) is 13.5. The highest BCUT2D eigenvalue weighted by Gasteiger charge is 2.08. The van der Waals surface area contributed by atoms with E-state index in [1.165, 1.54) is 9.79 Å². The van der Waals surface area contributed by atoms with Crippen LogP contribution in [0, 0.1) is 0 Å². The van der Waals surface area contributed by atoms with Crippen LogP contribution in [-0.2, 0) is 0 Å². The quantitative estimate of drug-likeness (QED) is 0.864. The fourth-order valence-electron chi connectivity index (χ4n) is 1.70. The van der Waals surface area contributed by atoms with Crippen LogP contribution >= 0.6 is 23.4 Å². The molecule has 0 aliphatic carbocycles. The van der Waals surface area contributed by atoms with Gasteiger partial charge in [0.1, 0.15) is 0 Å². The summed E-state index contributed by atoms with van der Waals surface area (Å²) in [5.74, 6) is 0. The average Bonchev–Trinajstić information content (AvgIpc) is 2.39. The highest BCUT2D eigenvalue weighted by molar-refractivity contribution is 7.99. The Hall–Kier alpha value is -0.960. The summed E-state index contributed by atoms with van der Waals surface area (Å²) in [6.07, 6.45) is 0. The zero-order chi connectivity index (χ0) is 13.0. The van der Waals surface area contributed by atoms with Crippen LogP contribution in [0.1, 0.15) is 18.5 Å². The lowest BCUT2D eigenvalue weighted by atomic mass is 10.1. The second-order valence-corrected chi connectivity index (χ2v) is 5.66. The normalized spacial score (nSPS) is 12.4. The van der Waals surface area contributed by atoms with Gasteiger partial charge in [-0.25, -0.2) is 0 Å². The molecular formula is C15H16ClNS. The van der Waals surface area contributed by atoms with E-state index in [1.54, 1.807) is 11.8 Å². The second-order valence-electron chi connectivity index (χ2n) is 4.11. The number of nitrogens with one attached hydrogen (secondary N) is 1. The van der Waals surface area contributed by atoms with Crippen LogP contribution in [0.3, 0.4) is 0 Å². The standard InChI is InChI=1S/C15H16ClNS/c1-11(17-2)14-9-8-13(10-15(14)16)18-12-6-4-3-5-7-12/h3-11,17H,1-2H3. The molecule has 0 aliphatic heterocycles. The number of benzene rings is 2. The van der Waals surface area contributed by atoms with Crippen LogP contribution in [-0.4, -0.2) is 7.05 Å². The summed E-state index contributed by atoms with van der Waals surface area (Å²) < 4.78 is 0. The maximum absolute atomic E-state index is 6.32. The van der Waals surface area contributed by atoms with E-state index in [-0.39, 0.29) is 6.04 Å². The Balaban J connectivity index is 2.19. The van der Waals surface area contributed by atoms with E-state index in [0.29, 0.717) is 0 Å². The molecule has 0 spiro atoms. The minimum absolute atomic E-state index is 0.272. The van der Waals surface area contributed by atoms with E-state index in [0.717, 1.165) is 10.6 Å². The molecule has 0 amide bonds. The molecule has 3 heteroatoms. The molecule has 0 fully saturated rings. The predicted molar refractivity (Wildman–Crippen MR) is 79.5 cm³/mol. The van der Waals surface area contributed by atoms with E-state index in [1.807, 2.05) is 31.3 Å². The third-order valence-corrected chi connectivity index (χ3v) is 4.18. The van der Waals surface area contributed by atoms with Gasteiger partial charge in [0.15, 0.2) is 0 Å². The van der Waals surface area contributed by atoms with Gasteiger partial charge in [0.05, 0.1) is 0 Å². The minimum Gasteiger partial charge on any atom is -0.313 e. The maximum atomic E-state index is 6.32. The molecule has 1 nitrogen and oxygen atoms in total. The highest BCUT2D eigenvalue weighted by Crippen LogP contribution is 2.32. The van der Waals surface area contributed by atoms with Gasteiger partial charge in [0, 0.05) is 20.9 Å². The monoisotopic (exact) mass is 277 g/mol. The van der Waals surface area contributed by atoms with E-state index in [9.17, 15) is 0 Å². The lowest BCUT2D eigenvalue weighted by Gasteiger charge is -2.13. The van der Waals surface area contributed by atoms with E-state index in [4.69, 9.17) is 11.6 Å². The van der Waals surface area contributed by atoms with Crippen molar-refractivity contribution in [2.24, 2.45) is 0 Å². The molecule has 2 aromatic carbocycles. The lowest BCUT2D eigenvalue weighted by Crippen LogP contribution is -2.12. The van der Waals surface area contributed by atoms with Gasteiger partial charge < -0.3 is 5.32 Å². The van der Waals surface area contributed by atoms with Crippen LogP contribution in [0.2, 0.25) is 5.02 Å². The Bertz CT molecular complexity index is 513. The van der Waals surface area contributed by atoms with Gasteiger partial charge in [-0.05, 0) is 43.8 Å². The van der Waals surface area contributed by atoms with Crippen molar-refractivity contribution in [3.8, 4) is 0 Å². The van der Waals surface area contributed by atoms with E-state index < -0.39 is 0 Å². The molecule has 1 unspecified atom stereocenters. The molecule has 0 aromatic heterocycles. The van der Waals surface area contributed by atoms with Crippen LogP contribution in [0.5, 0.6) is 0 Å². The summed E-state index contributed by atoms with van der Waals surface area (Å²) in [6.45, 7) is 2.10. The predicted octanol–water partition coefficient (Wildman–Crippen LogP) is 4.77. The first-order chi connectivity index (χ1) is 8.70. The summed E-state index contributed by atoms with van der Waals surface area (Å²) in [4.78, 5) is 2.39. The van der Waals surface area contributed by atoms with Crippen molar-refractivity contribution < 1.29 is 0 Å². The smallest absolute Gasteiger partial charge is 0.0464 e. The molecule has 2 aromatic rings. The first-order valence-corrected chi connectivity index (χ1v) is 7.10. The summed E-state index contributed by atoms with van der Waals surface area (Å²) in [7, 11) is 1.94. The summed E-state index contributed by atoms with van der Waals surface area (Å²) in [6, 6.07) is 16.8. The minimum atomic E-state index is 0.272. The Morgan fingerprint density at radius 3 is 2.39 bits per heavy atom. The van der Waals surface area contributed by atoms with E-state index in [2.05, 4.69) is 36.5 Å². The molecule has 0 aliphatic rings. The van der Waals surface area contributed by atoms with Gasteiger partial charge in [0.25, 0.3) is 0 Å². The summed E-state index contributed by atoms with van der Waals surface area (Å²) >= 11 is 8.04. The van der Waals surface area contributed by atoms with Crippen molar-refractivity contribution >= 4 is 23.4 Å². The Labute approximate surface area is 118 Å². The molecule has 1 N–H and O–H groups in total. The Morgan fingerprint density at radius 2 is 1.78 bits per heavy atom. The van der Waals surface area contributed by atoms with Gasteiger partial charge in [-0.15, -0.1) is 0 Å². The molecule has 0 bridgehead atoms. The third kappa shape index (κ3) is 3.29. The zero-order valence-electron chi connectivity index (χ0n) is 10.5. The Kier molecular flexibility index (Phi) is 4.70. The molecule has 0 heterocycles. The van der Waals surface area contributed by atoms with Gasteiger partial charge in [-0.3, -0.25) is 0 Å². The number of hydrogen-bond donors (Lipinski definition) is 1. The van der Waals surface area contributed by atoms with Gasteiger partial charge in [-0.1, -0.05) is 47.6 Å². The number of halogens is 1. The van der Waals surface area contributed by atoms with Crippen molar-refractivity contribution in [3.63, 3.8) is 0 Å². The number of hydrogen-bond acceptors (Lipinski definition) is 2. The molecule has 0 radical (unpaired) electrons. The van der Waals surface area contributed by atoms with Crippen molar-refractivity contribution in [1.82, 2.24) is 5.32 Å². The van der Waals surface area contributed by atoms with Crippen LogP contribution in [0.15, 0.2) is 58.3 Å². The van der Waals surface area contributed by atoms with Crippen molar-refractivity contribution in [2.75, 3.05) is 7.05 Å². The van der Waals surface area contributed by atoms with E-state index >= 15 is 0 Å². The molecule has 1 atom stereocenters. The number of rotatable bonds is 4. The molecule has 18 heavy (non-hydrogen) atoms. The zero-order valence-corrected chi connectivity index (χ0v) is 12.1. The highest BCUT2D eigenvalue weighted by atomic mass is 35.5. The molecule has 94 valence electrons. The average molecular weight is 278 g/mol. The third-order valence-electron chi connectivity index (χ3n) is 2.85. The lowest BCUT2D eigenvalue weighted by molar-refractivity contribution is 0.652. The molecule has 0 saturated carbocycles. The van der Waals surface area contributed by atoms with Crippen LogP contribution < -0.4 is 5.32 Å². The fraction of sp³-hybridized carbons (Fsp3) is 0.200. The first-order valence-electron chi connectivity index (χ1n) is 5.90. The van der Waals surface area contributed by atoms with Gasteiger partial charge >= 0.3 is 0 Å². The van der Waals surface area contributed by atoms with Crippen molar-refractivity contribution in [1.29, 1.82) is 0 Å². The summed E-state index contributed by atoms with van der Waals surface area (Å²) in [5.41, 5.74) is 1.14. The Morgan fingerprint density at radius 1 is 1.06 bits per heavy atom. The summed E-state index contributed by atoms with van der Waals surface area (Å²) in [5, 5.41) is 4.02. The fourth-order valence-corrected chi connectivity index (χ4v) is 2.99. The molecule has 2 rings (SSSR count).